The van der Waals surface area contributed by atoms with Gasteiger partial charge in [0, 0.05) is 50.4 Å². The molecule has 0 aromatic carbocycles. The van der Waals surface area contributed by atoms with Gasteiger partial charge in [-0.05, 0) is 31.4 Å². The minimum absolute atomic E-state index is 0.0627. The molecule has 4 aliphatic rings. The number of hydrogen-bond donors (Lipinski definition) is 2. The van der Waals surface area contributed by atoms with Gasteiger partial charge < -0.3 is 24.7 Å². The summed E-state index contributed by atoms with van der Waals surface area (Å²) in [5.41, 5.74) is 3.14. The molecule has 188 valence electrons. The van der Waals surface area contributed by atoms with Gasteiger partial charge in [0.25, 0.3) is 5.91 Å². The highest BCUT2D eigenvalue weighted by Gasteiger charge is 2.33. The van der Waals surface area contributed by atoms with E-state index < -0.39 is 12.2 Å². The summed E-state index contributed by atoms with van der Waals surface area (Å²) in [5.74, 6) is 1.13. The Morgan fingerprint density at radius 2 is 2.14 bits per heavy atom. The minimum Gasteiger partial charge on any atom is -0.379 e. The highest BCUT2D eigenvalue weighted by Crippen LogP contribution is 2.37. The lowest BCUT2D eigenvalue weighted by atomic mass is 9.90. The highest BCUT2D eigenvalue weighted by molar-refractivity contribution is 6.00. The summed E-state index contributed by atoms with van der Waals surface area (Å²) < 4.78 is 28.8. The molecule has 0 bridgehead atoms. The topological polar surface area (TPSA) is 108 Å². The van der Waals surface area contributed by atoms with Crippen LogP contribution in [0.25, 0.3) is 28.3 Å². The molecule has 4 atom stereocenters. The van der Waals surface area contributed by atoms with E-state index >= 15 is 0 Å². The zero-order chi connectivity index (χ0) is 24.8. The Kier molecular flexibility index (Phi) is 5.81. The molecule has 1 saturated carbocycles. The van der Waals surface area contributed by atoms with Crippen LogP contribution in [0.15, 0.2) is 36.8 Å². The molecule has 1 saturated heterocycles. The van der Waals surface area contributed by atoms with E-state index in [4.69, 9.17) is 19.4 Å². The zero-order valence-corrected chi connectivity index (χ0v) is 20.1. The van der Waals surface area contributed by atoms with Crippen LogP contribution >= 0.6 is 0 Å². The van der Waals surface area contributed by atoms with E-state index in [-0.39, 0.29) is 18.1 Å². The predicted molar refractivity (Wildman–Crippen MR) is 131 cm³/mol. The normalized spacial score (nSPS) is 24.1. The van der Waals surface area contributed by atoms with Crippen LogP contribution in [0.3, 0.4) is 0 Å². The van der Waals surface area contributed by atoms with Crippen LogP contribution in [-0.2, 0) is 9.47 Å². The first-order valence-corrected chi connectivity index (χ1v) is 12.2. The summed E-state index contributed by atoms with van der Waals surface area (Å²) in [7, 11) is 3.49. The average Bonchev–Trinajstić information content (AvgIpc) is 3.54. The van der Waals surface area contributed by atoms with E-state index in [9.17, 15) is 9.18 Å². The monoisotopic (exact) mass is 493 g/mol. The lowest BCUT2D eigenvalue weighted by Crippen LogP contribution is -2.48. The van der Waals surface area contributed by atoms with Crippen molar-refractivity contribution in [3.8, 4) is 22.6 Å². The molecule has 0 radical (unpaired) electrons. The molecule has 1 aliphatic carbocycles. The molecular weight excluding hydrogens is 465 g/mol. The van der Waals surface area contributed by atoms with Gasteiger partial charge in [0.2, 0.25) is 0 Å². The van der Waals surface area contributed by atoms with E-state index in [1.54, 1.807) is 24.9 Å². The number of anilines is 1. The van der Waals surface area contributed by atoms with Gasteiger partial charge in [0.15, 0.2) is 5.65 Å². The third-order valence-electron chi connectivity index (χ3n) is 7.29. The molecule has 2 aromatic heterocycles. The van der Waals surface area contributed by atoms with Gasteiger partial charge >= 0.3 is 0 Å². The fourth-order valence-corrected chi connectivity index (χ4v) is 5.08. The molecule has 2 fully saturated rings. The van der Waals surface area contributed by atoms with Gasteiger partial charge in [-0.25, -0.2) is 14.4 Å². The van der Waals surface area contributed by atoms with E-state index in [0.29, 0.717) is 48.8 Å². The number of fused-ring (bicyclic) bond motifs is 2. The van der Waals surface area contributed by atoms with Crippen molar-refractivity contribution in [2.75, 3.05) is 32.7 Å². The second kappa shape index (κ2) is 9.14. The number of pyridine rings is 1. The highest BCUT2D eigenvalue weighted by atomic mass is 19.1. The number of hydrogen-bond acceptors (Lipinski definition) is 7. The van der Waals surface area contributed by atoms with E-state index in [1.807, 2.05) is 24.4 Å². The van der Waals surface area contributed by atoms with Crippen LogP contribution in [0, 0.1) is 0 Å². The minimum atomic E-state index is -1.01. The van der Waals surface area contributed by atoms with Gasteiger partial charge in [-0.15, -0.1) is 0 Å². The fourth-order valence-electron chi connectivity index (χ4n) is 5.08. The van der Waals surface area contributed by atoms with Crippen LogP contribution in [0.5, 0.6) is 0 Å². The summed E-state index contributed by atoms with van der Waals surface area (Å²) in [6.07, 6.45) is 6.17. The SMILES string of the molecule is CNc1cc(-c2cnc3n([C@H]4CCOC[C@@H]4OC)cccc2-3)nc2c(C(=O)NC3CC[C@H]3F)cnn12. The van der Waals surface area contributed by atoms with Crippen molar-refractivity contribution in [2.24, 2.45) is 0 Å². The number of ether oxygens (including phenoxy) is 2. The second-order valence-electron chi connectivity index (χ2n) is 9.27. The number of carbonyl (C=O) groups excluding carboxylic acids is 1. The molecule has 2 aromatic rings. The number of amides is 1. The van der Waals surface area contributed by atoms with Crippen LogP contribution in [-0.4, -0.2) is 75.7 Å². The maximum absolute atomic E-state index is 13.7. The Labute approximate surface area is 207 Å². The molecule has 2 N–H and O–H groups in total. The average molecular weight is 494 g/mol. The van der Waals surface area contributed by atoms with Gasteiger partial charge in [-0.2, -0.15) is 9.61 Å². The quantitative estimate of drug-likeness (QED) is 0.425. The number of alkyl halides is 1. The van der Waals surface area contributed by atoms with E-state index in [0.717, 1.165) is 23.4 Å². The number of rotatable bonds is 6. The van der Waals surface area contributed by atoms with Crippen molar-refractivity contribution < 1.29 is 18.7 Å². The Hall–Kier alpha value is -3.57. The molecule has 3 aliphatic heterocycles. The van der Waals surface area contributed by atoms with Crippen molar-refractivity contribution >= 4 is 17.4 Å². The van der Waals surface area contributed by atoms with Gasteiger partial charge in [-0.3, -0.25) is 4.79 Å². The Balaban J connectivity index is 1.39. The van der Waals surface area contributed by atoms with Crippen molar-refractivity contribution in [2.45, 2.75) is 43.6 Å². The number of carbonyl (C=O) groups is 1. The number of nitrogens with zero attached hydrogens (tertiary/aromatic N) is 5. The first kappa shape index (κ1) is 22.9. The maximum atomic E-state index is 13.7. The van der Waals surface area contributed by atoms with Crippen LogP contribution < -0.4 is 10.6 Å². The number of halogens is 1. The number of aromatic nitrogens is 5. The third kappa shape index (κ3) is 3.70. The fraction of sp³-hybridized carbons (Fsp3) is 0.440. The smallest absolute Gasteiger partial charge is 0.257 e. The van der Waals surface area contributed by atoms with E-state index in [2.05, 4.69) is 20.3 Å². The van der Waals surface area contributed by atoms with Crippen LogP contribution in [0.2, 0.25) is 0 Å². The first-order chi connectivity index (χ1) is 17.6. The molecule has 5 heterocycles. The van der Waals surface area contributed by atoms with Crippen molar-refractivity contribution in [3.63, 3.8) is 0 Å². The molecule has 11 heteroatoms. The molecule has 6 rings (SSSR count). The largest absolute Gasteiger partial charge is 0.379 e. The maximum Gasteiger partial charge on any atom is 0.257 e. The number of nitrogens with one attached hydrogen (secondary N) is 2. The molecule has 1 unspecified atom stereocenters. The van der Waals surface area contributed by atoms with Gasteiger partial charge in [-0.1, -0.05) is 0 Å². The Morgan fingerprint density at radius 3 is 2.89 bits per heavy atom. The van der Waals surface area contributed by atoms with Crippen LogP contribution in [0.1, 0.15) is 35.7 Å². The van der Waals surface area contributed by atoms with Gasteiger partial charge in [0.1, 0.15) is 29.5 Å². The third-order valence-corrected chi connectivity index (χ3v) is 7.29. The lowest BCUT2D eigenvalue weighted by molar-refractivity contribution is -0.0600. The van der Waals surface area contributed by atoms with Crippen molar-refractivity contribution in [1.82, 2.24) is 29.5 Å². The van der Waals surface area contributed by atoms with Crippen LogP contribution in [0.4, 0.5) is 10.2 Å². The van der Waals surface area contributed by atoms with E-state index in [1.165, 1.54) is 6.20 Å². The summed E-state index contributed by atoms with van der Waals surface area (Å²) in [6, 6.07) is 5.54. The Morgan fingerprint density at radius 1 is 1.25 bits per heavy atom. The summed E-state index contributed by atoms with van der Waals surface area (Å²) in [6.45, 7) is 1.21. The van der Waals surface area contributed by atoms with Gasteiger partial charge in [0.05, 0.1) is 30.6 Å². The molecule has 36 heavy (non-hydrogen) atoms. The number of methoxy groups -OCH3 is 1. The molecule has 1 amide bonds. The molecule has 0 spiro atoms. The lowest BCUT2D eigenvalue weighted by Gasteiger charge is -2.33. The Bertz CT molecular complexity index is 1390. The summed E-state index contributed by atoms with van der Waals surface area (Å²) in [5, 5.41) is 10.3. The summed E-state index contributed by atoms with van der Waals surface area (Å²) in [4.78, 5) is 22.5. The standard InChI is InChI=1S/C25H28FN7O3/c1-27-22-10-19(30-24-16(12-29-33(22)24)25(34)31-18-6-5-17(18)26)15-11-28-23-14(15)4-3-8-32(23)20-7-9-36-13-21(20)35-2/h3-4,8,10-12,17-18,20-21,27H,5-7,9,13H2,1-2H3,(H,31,34)/t17-,18?,20+,21+/m1/s1. The first-order valence-electron chi connectivity index (χ1n) is 12.2. The van der Waals surface area contributed by atoms with Crippen molar-refractivity contribution in [1.29, 1.82) is 0 Å². The second-order valence-corrected chi connectivity index (χ2v) is 9.27. The predicted octanol–water partition coefficient (Wildman–Crippen LogP) is 2.95. The van der Waals surface area contributed by atoms with Crippen molar-refractivity contribution in [3.05, 3.63) is 42.4 Å². The molecular formula is C25H28FN7O3. The molecule has 10 nitrogen and oxygen atoms in total. The zero-order valence-electron chi connectivity index (χ0n) is 20.1. The summed E-state index contributed by atoms with van der Waals surface area (Å²) >= 11 is 0.